The van der Waals surface area contributed by atoms with E-state index in [-0.39, 0.29) is 23.9 Å². The summed E-state index contributed by atoms with van der Waals surface area (Å²) in [6.07, 6.45) is 3.81. The summed E-state index contributed by atoms with van der Waals surface area (Å²) in [6, 6.07) is 4.62. The molecule has 0 radical (unpaired) electrons. The molecule has 21 heavy (non-hydrogen) atoms. The van der Waals surface area contributed by atoms with E-state index in [0.717, 1.165) is 37.5 Å². The molecule has 0 amide bonds. The number of ether oxygens (including phenoxy) is 1. The third-order valence-electron chi connectivity index (χ3n) is 3.66. The molecule has 1 aromatic rings. The summed E-state index contributed by atoms with van der Waals surface area (Å²) in [7, 11) is 0. The molecule has 1 aromatic carbocycles. The van der Waals surface area contributed by atoms with Crippen molar-refractivity contribution in [1.29, 1.82) is 5.26 Å². The molecule has 2 unspecified atom stereocenters. The number of nitriles is 1. The number of hydrogen-bond donors (Lipinski definition) is 0. The van der Waals surface area contributed by atoms with Gasteiger partial charge in [0.15, 0.2) is 5.78 Å². The summed E-state index contributed by atoms with van der Waals surface area (Å²) >= 11 is 0. The molecule has 1 aliphatic rings. The van der Waals surface area contributed by atoms with Gasteiger partial charge in [0.2, 0.25) is 0 Å². The smallest absolute Gasteiger partial charge is 0.154 e. The molecule has 1 fully saturated rings. The molecule has 2 atom stereocenters. The van der Waals surface area contributed by atoms with Gasteiger partial charge in [-0.15, -0.1) is 0 Å². The zero-order valence-electron chi connectivity index (χ0n) is 11.6. The van der Waals surface area contributed by atoms with Crippen LogP contribution in [-0.4, -0.2) is 18.5 Å². The highest BCUT2D eigenvalue weighted by molar-refractivity contribution is 5.88. The summed E-state index contributed by atoms with van der Waals surface area (Å²) in [4.78, 5) is 12.1. The van der Waals surface area contributed by atoms with Crippen LogP contribution in [0.25, 0.3) is 0 Å². The Labute approximate surface area is 122 Å². The molecule has 0 bridgehead atoms. The van der Waals surface area contributed by atoms with Crippen LogP contribution in [0.5, 0.6) is 0 Å². The number of halogens is 2. The normalized spacial score (nSPS) is 19.8. The standard InChI is InChI=1S/C16H17F2NO2/c17-12-7-11(8-13(18)9-12)15(10-19)16(20)5-4-14-3-1-2-6-21-14/h7-9,14-15H,1-6H2. The fourth-order valence-electron chi connectivity index (χ4n) is 2.56. The van der Waals surface area contributed by atoms with Crippen LogP contribution in [0.1, 0.15) is 43.6 Å². The third-order valence-corrected chi connectivity index (χ3v) is 3.66. The highest BCUT2D eigenvalue weighted by atomic mass is 19.1. The zero-order valence-corrected chi connectivity index (χ0v) is 11.6. The van der Waals surface area contributed by atoms with Crippen LogP contribution in [-0.2, 0) is 9.53 Å². The zero-order chi connectivity index (χ0) is 15.2. The first-order valence-corrected chi connectivity index (χ1v) is 7.10. The quantitative estimate of drug-likeness (QED) is 0.835. The van der Waals surface area contributed by atoms with E-state index in [2.05, 4.69) is 0 Å². The molecule has 2 rings (SSSR count). The van der Waals surface area contributed by atoms with Crippen molar-refractivity contribution in [2.24, 2.45) is 0 Å². The van der Waals surface area contributed by atoms with Crippen LogP contribution in [0.3, 0.4) is 0 Å². The van der Waals surface area contributed by atoms with Gasteiger partial charge in [-0.1, -0.05) is 0 Å². The van der Waals surface area contributed by atoms with E-state index in [9.17, 15) is 13.6 Å². The Balaban J connectivity index is 1.99. The van der Waals surface area contributed by atoms with Gasteiger partial charge in [-0.3, -0.25) is 4.79 Å². The Kier molecular flexibility index (Phi) is 5.40. The molecule has 0 saturated carbocycles. The maximum absolute atomic E-state index is 13.2. The lowest BCUT2D eigenvalue weighted by molar-refractivity contribution is -0.120. The highest BCUT2D eigenvalue weighted by Gasteiger charge is 2.23. The second kappa shape index (κ2) is 7.28. The first-order valence-electron chi connectivity index (χ1n) is 7.10. The molecule has 112 valence electrons. The highest BCUT2D eigenvalue weighted by Crippen LogP contribution is 2.23. The number of rotatable bonds is 5. The molecule has 0 aromatic heterocycles. The second-order valence-electron chi connectivity index (χ2n) is 5.26. The number of nitrogens with zero attached hydrogens (tertiary/aromatic N) is 1. The van der Waals surface area contributed by atoms with Gasteiger partial charge in [0.25, 0.3) is 0 Å². The van der Waals surface area contributed by atoms with Gasteiger partial charge < -0.3 is 4.74 Å². The molecule has 1 saturated heterocycles. The third kappa shape index (κ3) is 4.33. The molecule has 3 nitrogen and oxygen atoms in total. The summed E-state index contributed by atoms with van der Waals surface area (Å²) < 4.78 is 31.9. The first-order chi connectivity index (χ1) is 10.1. The largest absolute Gasteiger partial charge is 0.378 e. The average molecular weight is 293 g/mol. The van der Waals surface area contributed by atoms with E-state index >= 15 is 0 Å². The summed E-state index contributed by atoms with van der Waals surface area (Å²) in [5.74, 6) is -3.02. The van der Waals surface area contributed by atoms with Crippen LogP contribution < -0.4 is 0 Å². The maximum atomic E-state index is 13.2. The summed E-state index contributed by atoms with van der Waals surface area (Å²) in [5.41, 5.74) is 0.0737. The monoisotopic (exact) mass is 293 g/mol. The van der Waals surface area contributed by atoms with Crippen molar-refractivity contribution in [2.45, 2.75) is 44.1 Å². The van der Waals surface area contributed by atoms with Crippen LogP contribution >= 0.6 is 0 Å². The summed E-state index contributed by atoms with van der Waals surface area (Å²) in [6.45, 7) is 0.704. The van der Waals surface area contributed by atoms with E-state index in [1.807, 2.05) is 6.07 Å². The predicted molar refractivity (Wildman–Crippen MR) is 72.5 cm³/mol. The number of carbonyl (C=O) groups is 1. The first kappa shape index (κ1) is 15.6. The Morgan fingerprint density at radius 2 is 2.05 bits per heavy atom. The molecule has 1 aliphatic heterocycles. The van der Waals surface area contributed by atoms with Crippen molar-refractivity contribution in [2.75, 3.05) is 6.61 Å². The number of ketones is 1. The minimum absolute atomic E-state index is 0.0475. The predicted octanol–water partition coefficient (Wildman–Crippen LogP) is 3.49. The molecule has 5 heteroatoms. The van der Waals surface area contributed by atoms with E-state index < -0.39 is 17.6 Å². The van der Waals surface area contributed by atoms with Crippen molar-refractivity contribution < 1.29 is 18.3 Å². The second-order valence-corrected chi connectivity index (χ2v) is 5.26. The van der Waals surface area contributed by atoms with Crippen molar-refractivity contribution in [3.63, 3.8) is 0 Å². The average Bonchev–Trinajstić information content (AvgIpc) is 2.46. The van der Waals surface area contributed by atoms with E-state index in [4.69, 9.17) is 10.00 Å². The van der Waals surface area contributed by atoms with Gasteiger partial charge in [0, 0.05) is 19.1 Å². The fourth-order valence-corrected chi connectivity index (χ4v) is 2.56. The topological polar surface area (TPSA) is 50.1 Å². The number of benzene rings is 1. The fraction of sp³-hybridized carbons (Fsp3) is 0.500. The van der Waals surface area contributed by atoms with Gasteiger partial charge in [-0.05, 0) is 43.4 Å². The van der Waals surface area contributed by atoms with Crippen LogP contribution in [0, 0.1) is 23.0 Å². The van der Waals surface area contributed by atoms with Gasteiger partial charge >= 0.3 is 0 Å². The van der Waals surface area contributed by atoms with Crippen molar-refractivity contribution >= 4 is 5.78 Å². The van der Waals surface area contributed by atoms with Gasteiger partial charge in [0.05, 0.1) is 12.2 Å². The lowest BCUT2D eigenvalue weighted by atomic mass is 9.92. The number of carbonyl (C=O) groups excluding carboxylic acids is 1. The minimum Gasteiger partial charge on any atom is -0.378 e. The molecular formula is C16H17F2NO2. The number of hydrogen-bond acceptors (Lipinski definition) is 3. The summed E-state index contributed by atoms with van der Waals surface area (Å²) in [5, 5.41) is 9.12. The Morgan fingerprint density at radius 3 is 2.62 bits per heavy atom. The van der Waals surface area contributed by atoms with Crippen LogP contribution in [0.2, 0.25) is 0 Å². The van der Waals surface area contributed by atoms with Crippen molar-refractivity contribution in [3.8, 4) is 6.07 Å². The van der Waals surface area contributed by atoms with E-state index in [1.165, 1.54) is 0 Å². The number of Topliss-reactive ketones (excluding diaryl/α,β-unsaturated/α-hetero) is 1. The Hall–Kier alpha value is -1.80. The Morgan fingerprint density at radius 1 is 1.33 bits per heavy atom. The van der Waals surface area contributed by atoms with Gasteiger partial charge in [-0.25, -0.2) is 8.78 Å². The molecule has 0 aliphatic carbocycles. The lowest BCUT2D eigenvalue weighted by Crippen LogP contribution is -2.21. The van der Waals surface area contributed by atoms with Crippen LogP contribution in [0.15, 0.2) is 18.2 Å². The van der Waals surface area contributed by atoms with E-state index in [0.29, 0.717) is 13.0 Å². The van der Waals surface area contributed by atoms with Crippen molar-refractivity contribution in [1.82, 2.24) is 0 Å². The molecule has 1 heterocycles. The SMILES string of the molecule is N#CC(C(=O)CCC1CCCCO1)c1cc(F)cc(F)c1. The molecule has 0 N–H and O–H groups in total. The molecule has 0 spiro atoms. The molecular weight excluding hydrogens is 276 g/mol. The van der Waals surface area contributed by atoms with Crippen molar-refractivity contribution in [3.05, 3.63) is 35.4 Å². The minimum atomic E-state index is -1.13. The van der Waals surface area contributed by atoms with Gasteiger partial charge in [-0.2, -0.15) is 5.26 Å². The van der Waals surface area contributed by atoms with Crippen LogP contribution in [0.4, 0.5) is 8.78 Å². The Bertz CT molecular complexity index is 527. The lowest BCUT2D eigenvalue weighted by Gasteiger charge is -2.22. The van der Waals surface area contributed by atoms with Gasteiger partial charge in [0.1, 0.15) is 17.6 Å². The van der Waals surface area contributed by atoms with E-state index in [1.54, 1.807) is 0 Å². The maximum Gasteiger partial charge on any atom is 0.154 e.